The SMILES string of the molecule is CCC(C)C(c1nc(CC(C)C)no1)N1Cc2ccccc2C1=O. The molecule has 3 rings (SSSR count). The van der Waals surface area contributed by atoms with E-state index < -0.39 is 0 Å². The second-order valence-corrected chi connectivity index (χ2v) is 7.07. The maximum atomic E-state index is 12.9. The van der Waals surface area contributed by atoms with Crippen LogP contribution >= 0.6 is 0 Å². The van der Waals surface area contributed by atoms with Crippen LogP contribution < -0.4 is 0 Å². The van der Waals surface area contributed by atoms with Crippen LogP contribution in [0.3, 0.4) is 0 Å². The average molecular weight is 327 g/mol. The molecule has 0 bridgehead atoms. The number of hydrogen-bond acceptors (Lipinski definition) is 4. The van der Waals surface area contributed by atoms with Gasteiger partial charge < -0.3 is 9.42 Å². The number of amides is 1. The standard InChI is InChI=1S/C19H25N3O2/c1-5-13(4)17(18-20-16(21-24-18)10-12(2)3)22-11-14-8-6-7-9-15(14)19(22)23/h6-9,12-13,17H,5,10-11H2,1-4H3. The number of nitrogens with zero attached hydrogens (tertiary/aromatic N) is 3. The van der Waals surface area contributed by atoms with Crippen molar-refractivity contribution in [2.45, 2.75) is 53.1 Å². The summed E-state index contributed by atoms with van der Waals surface area (Å²) < 4.78 is 5.56. The minimum absolute atomic E-state index is 0.0551. The largest absolute Gasteiger partial charge is 0.337 e. The molecule has 0 radical (unpaired) electrons. The van der Waals surface area contributed by atoms with E-state index in [1.807, 2.05) is 29.2 Å². The van der Waals surface area contributed by atoms with Gasteiger partial charge in [-0.2, -0.15) is 4.98 Å². The maximum absolute atomic E-state index is 12.9. The summed E-state index contributed by atoms with van der Waals surface area (Å²) in [5, 5.41) is 4.12. The molecule has 1 aliphatic rings. The van der Waals surface area contributed by atoms with Gasteiger partial charge in [0.25, 0.3) is 5.91 Å². The van der Waals surface area contributed by atoms with E-state index in [0.29, 0.717) is 18.4 Å². The Morgan fingerprint density at radius 1 is 1.25 bits per heavy atom. The van der Waals surface area contributed by atoms with Crippen LogP contribution in [0.2, 0.25) is 0 Å². The van der Waals surface area contributed by atoms with E-state index in [0.717, 1.165) is 29.8 Å². The first-order valence-corrected chi connectivity index (χ1v) is 8.72. The van der Waals surface area contributed by atoms with Crippen molar-refractivity contribution in [3.8, 4) is 0 Å². The maximum Gasteiger partial charge on any atom is 0.255 e. The molecule has 0 aliphatic carbocycles. The molecule has 2 unspecified atom stereocenters. The van der Waals surface area contributed by atoms with Gasteiger partial charge in [-0.3, -0.25) is 4.79 Å². The summed E-state index contributed by atoms with van der Waals surface area (Å²) in [7, 11) is 0. The lowest BCUT2D eigenvalue weighted by Gasteiger charge is -2.29. The zero-order valence-electron chi connectivity index (χ0n) is 14.8. The van der Waals surface area contributed by atoms with Crippen molar-refractivity contribution in [2.75, 3.05) is 0 Å². The minimum atomic E-state index is -0.177. The highest BCUT2D eigenvalue weighted by Gasteiger charge is 2.38. The Morgan fingerprint density at radius 3 is 2.67 bits per heavy atom. The summed E-state index contributed by atoms with van der Waals surface area (Å²) >= 11 is 0. The van der Waals surface area contributed by atoms with Crippen molar-refractivity contribution in [1.82, 2.24) is 15.0 Å². The number of rotatable bonds is 6. The number of aromatic nitrogens is 2. The van der Waals surface area contributed by atoms with E-state index in [1.54, 1.807) is 0 Å². The second-order valence-electron chi connectivity index (χ2n) is 7.07. The smallest absolute Gasteiger partial charge is 0.255 e. The number of carbonyl (C=O) groups is 1. The molecule has 2 heterocycles. The van der Waals surface area contributed by atoms with Gasteiger partial charge in [0.05, 0.1) is 0 Å². The summed E-state index contributed by atoms with van der Waals surface area (Å²) in [6.07, 6.45) is 1.72. The second kappa shape index (κ2) is 6.75. The Bertz CT molecular complexity index is 723. The molecule has 0 spiro atoms. The first kappa shape index (κ1) is 16.7. The lowest BCUT2D eigenvalue weighted by Crippen LogP contribution is -2.33. The van der Waals surface area contributed by atoms with Crippen LogP contribution in [0.1, 0.15) is 67.8 Å². The van der Waals surface area contributed by atoms with Gasteiger partial charge in [-0.1, -0.05) is 57.5 Å². The van der Waals surface area contributed by atoms with E-state index in [9.17, 15) is 4.79 Å². The fourth-order valence-corrected chi connectivity index (χ4v) is 3.24. The monoisotopic (exact) mass is 327 g/mol. The third-order valence-electron chi connectivity index (χ3n) is 4.70. The molecular formula is C19H25N3O2. The Balaban J connectivity index is 1.91. The van der Waals surface area contributed by atoms with Crippen LogP contribution in [0, 0.1) is 11.8 Å². The normalized spacial score (nSPS) is 16.5. The van der Waals surface area contributed by atoms with Gasteiger partial charge in [0.15, 0.2) is 5.82 Å². The first-order chi connectivity index (χ1) is 11.5. The Labute approximate surface area is 143 Å². The fraction of sp³-hybridized carbons (Fsp3) is 0.526. The van der Waals surface area contributed by atoms with Gasteiger partial charge in [0.2, 0.25) is 5.89 Å². The van der Waals surface area contributed by atoms with E-state index in [1.165, 1.54) is 0 Å². The van der Waals surface area contributed by atoms with Crippen LogP contribution in [0.25, 0.3) is 0 Å². The fourth-order valence-electron chi connectivity index (χ4n) is 3.24. The number of fused-ring (bicyclic) bond motifs is 1. The summed E-state index contributed by atoms with van der Waals surface area (Å²) in [6, 6.07) is 7.61. The molecule has 2 aromatic rings. The molecule has 2 atom stereocenters. The molecular weight excluding hydrogens is 302 g/mol. The Hall–Kier alpha value is -2.17. The molecule has 24 heavy (non-hydrogen) atoms. The van der Waals surface area contributed by atoms with Gasteiger partial charge in [-0.05, 0) is 23.5 Å². The van der Waals surface area contributed by atoms with Gasteiger partial charge in [0.1, 0.15) is 6.04 Å². The molecule has 1 aliphatic heterocycles. The summed E-state index contributed by atoms with van der Waals surface area (Å²) in [6.45, 7) is 9.11. The molecule has 0 N–H and O–H groups in total. The molecule has 1 aromatic carbocycles. The van der Waals surface area contributed by atoms with Gasteiger partial charge in [0, 0.05) is 18.5 Å². The summed E-state index contributed by atoms with van der Waals surface area (Å²) in [5.41, 5.74) is 1.85. The van der Waals surface area contributed by atoms with Crippen molar-refractivity contribution in [2.24, 2.45) is 11.8 Å². The van der Waals surface area contributed by atoms with Crippen molar-refractivity contribution >= 4 is 5.91 Å². The number of carbonyl (C=O) groups excluding carboxylic acids is 1. The highest BCUT2D eigenvalue weighted by atomic mass is 16.5. The molecule has 0 fully saturated rings. The molecule has 128 valence electrons. The summed E-state index contributed by atoms with van der Waals surface area (Å²) in [5.74, 6) is 2.05. The predicted molar refractivity (Wildman–Crippen MR) is 91.4 cm³/mol. The quantitative estimate of drug-likeness (QED) is 0.804. The van der Waals surface area contributed by atoms with Gasteiger partial charge in [-0.25, -0.2) is 0 Å². The van der Waals surface area contributed by atoms with Crippen LogP contribution in [0.5, 0.6) is 0 Å². The minimum Gasteiger partial charge on any atom is -0.337 e. The van der Waals surface area contributed by atoms with Crippen LogP contribution in [0.4, 0.5) is 0 Å². The lowest BCUT2D eigenvalue weighted by molar-refractivity contribution is 0.0578. The average Bonchev–Trinajstić information content (AvgIpc) is 3.13. The first-order valence-electron chi connectivity index (χ1n) is 8.72. The molecule has 1 amide bonds. The summed E-state index contributed by atoms with van der Waals surface area (Å²) in [4.78, 5) is 19.3. The molecule has 5 heteroatoms. The van der Waals surface area contributed by atoms with E-state index in [-0.39, 0.29) is 17.9 Å². The molecule has 0 saturated carbocycles. The zero-order chi connectivity index (χ0) is 17.3. The van der Waals surface area contributed by atoms with Crippen LogP contribution in [-0.4, -0.2) is 20.9 Å². The molecule has 5 nitrogen and oxygen atoms in total. The highest BCUT2D eigenvalue weighted by molar-refractivity contribution is 5.98. The molecule has 0 saturated heterocycles. The van der Waals surface area contributed by atoms with Crippen LogP contribution in [-0.2, 0) is 13.0 Å². The van der Waals surface area contributed by atoms with E-state index >= 15 is 0 Å². The zero-order valence-corrected chi connectivity index (χ0v) is 14.8. The third kappa shape index (κ3) is 3.07. The Kier molecular flexibility index (Phi) is 4.69. The topological polar surface area (TPSA) is 59.2 Å². The van der Waals surface area contributed by atoms with Crippen molar-refractivity contribution < 1.29 is 9.32 Å². The van der Waals surface area contributed by atoms with Gasteiger partial charge >= 0.3 is 0 Å². The number of hydrogen-bond donors (Lipinski definition) is 0. The third-order valence-corrected chi connectivity index (χ3v) is 4.70. The Morgan fingerprint density at radius 2 is 2.00 bits per heavy atom. The highest BCUT2D eigenvalue weighted by Crippen LogP contribution is 2.36. The van der Waals surface area contributed by atoms with Crippen molar-refractivity contribution in [3.05, 3.63) is 47.1 Å². The van der Waals surface area contributed by atoms with Crippen molar-refractivity contribution in [1.29, 1.82) is 0 Å². The number of benzene rings is 1. The van der Waals surface area contributed by atoms with E-state index in [4.69, 9.17) is 4.52 Å². The van der Waals surface area contributed by atoms with Crippen molar-refractivity contribution in [3.63, 3.8) is 0 Å². The molecule has 1 aromatic heterocycles. The van der Waals surface area contributed by atoms with Crippen LogP contribution in [0.15, 0.2) is 28.8 Å². The van der Waals surface area contributed by atoms with E-state index in [2.05, 4.69) is 37.8 Å². The predicted octanol–water partition coefficient (Wildman–Crippen LogP) is 4.01. The lowest BCUT2D eigenvalue weighted by atomic mass is 9.97. The van der Waals surface area contributed by atoms with Gasteiger partial charge in [-0.15, -0.1) is 0 Å².